The van der Waals surface area contributed by atoms with Crippen LogP contribution in [0.3, 0.4) is 0 Å². The first-order valence-electron chi connectivity index (χ1n) is 10.8. The Morgan fingerprint density at radius 1 is 1.11 bits per heavy atom. The fraction of sp³-hybridized carbons (Fsp3) is 0.200. The summed E-state index contributed by atoms with van der Waals surface area (Å²) in [7, 11) is -2.61. The Kier molecular flexibility index (Phi) is 7.37. The van der Waals surface area contributed by atoms with E-state index in [4.69, 9.17) is 25.8 Å². The molecular weight excluding hydrogens is 508 g/mol. The van der Waals surface area contributed by atoms with E-state index in [2.05, 4.69) is 4.72 Å². The largest absolute Gasteiger partial charge is 0.484 e. The zero-order chi connectivity index (χ0) is 25.9. The molecule has 1 aliphatic heterocycles. The fourth-order valence-electron chi connectivity index (χ4n) is 3.53. The lowest BCUT2D eigenvalue weighted by Gasteiger charge is -2.33. The van der Waals surface area contributed by atoms with E-state index < -0.39 is 28.0 Å². The van der Waals surface area contributed by atoms with Crippen LogP contribution in [-0.4, -0.2) is 46.7 Å². The summed E-state index contributed by atoms with van der Waals surface area (Å²) in [4.78, 5) is 26.4. The summed E-state index contributed by atoms with van der Waals surface area (Å²) in [5, 5.41) is 0.449. The molecule has 11 heteroatoms. The van der Waals surface area contributed by atoms with Crippen molar-refractivity contribution in [2.75, 3.05) is 29.9 Å². The highest BCUT2D eigenvalue weighted by molar-refractivity contribution is 7.92. The number of carbonyl (C=O) groups excluding carboxylic acids is 2. The zero-order valence-corrected chi connectivity index (χ0v) is 21.0. The molecular formula is C25H23ClN2O7S. The first-order chi connectivity index (χ1) is 17.2. The number of hydrogen-bond acceptors (Lipinski definition) is 7. The molecule has 0 aliphatic carbocycles. The van der Waals surface area contributed by atoms with Crippen LogP contribution in [0.4, 0.5) is 11.4 Å². The summed E-state index contributed by atoms with van der Waals surface area (Å²) in [5.41, 5.74) is 1.68. The van der Waals surface area contributed by atoms with E-state index in [1.54, 1.807) is 36.4 Å². The number of aryl methyl sites for hydroxylation is 1. The normalized spacial score (nSPS) is 14.9. The molecule has 188 valence electrons. The van der Waals surface area contributed by atoms with Crippen LogP contribution in [0.2, 0.25) is 5.02 Å². The summed E-state index contributed by atoms with van der Waals surface area (Å²) < 4.78 is 43.9. The molecule has 1 aliphatic rings. The number of amides is 1. The number of anilines is 2. The zero-order valence-electron chi connectivity index (χ0n) is 19.4. The van der Waals surface area contributed by atoms with Crippen LogP contribution < -0.4 is 19.1 Å². The Morgan fingerprint density at radius 2 is 1.83 bits per heavy atom. The minimum Gasteiger partial charge on any atom is -0.484 e. The van der Waals surface area contributed by atoms with Gasteiger partial charge in [0.1, 0.15) is 11.5 Å². The molecule has 0 spiro atoms. The van der Waals surface area contributed by atoms with Gasteiger partial charge in [-0.2, -0.15) is 0 Å². The molecule has 1 amide bonds. The average molecular weight is 531 g/mol. The summed E-state index contributed by atoms with van der Waals surface area (Å²) in [6.45, 7) is 1.45. The number of sulfonamides is 1. The Morgan fingerprint density at radius 3 is 2.53 bits per heavy atom. The van der Waals surface area contributed by atoms with Gasteiger partial charge in [-0.05, 0) is 61.0 Å². The molecule has 9 nitrogen and oxygen atoms in total. The van der Waals surface area contributed by atoms with Gasteiger partial charge >= 0.3 is 5.97 Å². The predicted octanol–water partition coefficient (Wildman–Crippen LogP) is 3.80. The number of ether oxygens (including phenoxy) is 3. The van der Waals surface area contributed by atoms with Crippen LogP contribution in [0.1, 0.15) is 5.56 Å². The summed E-state index contributed by atoms with van der Waals surface area (Å²) in [6, 6.07) is 17.4. The van der Waals surface area contributed by atoms with E-state index in [1.165, 1.54) is 42.3 Å². The molecule has 1 atom stereocenters. The number of esters is 1. The van der Waals surface area contributed by atoms with Gasteiger partial charge in [0, 0.05) is 5.02 Å². The van der Waals surface area contributed by atoms with Gasteiger partial charge in [0.05, 0.1) is 29.9 Å². The lowest BCUT2D eigenvalue weighted by Crippen LogP contribution is -2.48. The molecule has 3 aromatic carbocycles. The van der Waals surface area contributed by atoms with Gasteiger partial charge < -0.3 is 19.1 Å². The van der Waals surface area contributed by atoms with Crippen LogP contribution in [0.15, 0.2) is 71.6 Å². The maximum Gasteiger partial charge on any atom is 0.348 e. The standard InChI is InChI=1S/C25H23ClN2O7S/c1-16-7-8-17(13-20(16)26)27-36(31,32)19-11-9-18(10-12-19)34-15-24(29)28-14-23(25(30)33-2)35-22-6-4-3-5-21(22)28/h3-13,23,27H,14-15H2,1-2H3/t23-/m0/s1. The molecule has 36 heavy (non-hydrogen) atoms. The summed E-state index contributed by atoms with van der Waals surface area (Å²) in [5.74, 6) is -0.327. The molecule has 0 unspecified atom stereocenters. The van der Waals surface area contributed by atoms with Crippen molar-refractivity contribution >= 4 is 44.9 Å². The molecule has 0 fully saturated rings. The molecule has 0 aromatic heterocycles. The molecule has 1 N–H and O–H groups in total. The number of fused-ring (bicyclic) bond motifs is 1. The quantitative estimate of drug-likeness (QED) is 0.462. The number of rotatable bonds is 7. The Labute approximate surface area is 213 Å². The van der Waals surface area contributed by atoms with Crippen LogP contribution in [0.5, 0.6) is 11.5 Å². The number of nitrogens with zero attached hydrogens (tertiary/aromatic N) is 1. The van der Waals surface area contributed by atoms with Crippen molar-refractivity contribution in [3.8, 4) is 11.5 Å². The minimum absolute atomic E-state index is 0.0147. The van der Waals surface area contributed by atoms with Crippen LogP contribution in [0.25, 0.3) is 0 Å². The number of benzene rings is 3. The van der Waals surface area contributed by atoms with Crippen molar-refractivity contribution in [2.24, 2.45) is 0 Å². The lowest BCUT2D eigenvalue weighted by atomic mass is 10.2. The Balaban J connectivity index is 1.42. The second-order valence-electron chi connectivity index (χ2n) is 7.93. The topological polar surface area (TPSA) is 111 Å². The maximum absolute atomic E-state index is 12.9. The Bertz CT molecular complexity index is 1390. The number of carbonyl (C=O) groups is 2. The molecule has 1 heterocycles. The van der Waals surface area contributed by atoms with Gasteiger partial charge in [0.15, 0.2) is 6.61 Å². The number of halogens is 1. The van der Waals surface area contributed by atoms with Crippen LogP contribution in [-0.2, 0) is 24.3 Å². The van der Waals surface area contributed by atoms with Gasteiger partial charge in [0.25, 0.3) is 15.9 Å². The highest BCUT2D eigenvalue weighted by Gasteiger charge is 2.34. The van der Waals surface area contributed by atoms with E-state index in [1.807, 2.05) is 6.92 Å². The van der Waals surface area contributed by atoms with Crippen molar-refractivity contribution in [1.82, 2.24) is 0 Å². The first-order valence-corrected chi connectivity index (χ1v) is 12.7. The third-order valence-corrected chi connectivity index (χ3v) is 7.26. The average Bonchev–Trinajstić information content (AvgIpc) is 2.88. The van der Waals surface area contributed by atoms with Crippen molar-refractivity contribution in [2.45, 2.75) is 17.9 Å². The minimum atomic E-state index is -3.86. The maximum atomic E-state index is 12.9. The molecule has 0 saturated carbocycles. The van der Waals surface area contributed by atoms with Gasteiger partial charge in [-0.3, -0.25) is 9.52 Å². The van der Waals surface area contributed by atoms with Gasteiger partial charge in [-0.25, -0.2) is 13.2 Å². The first kappa shape index (κ1) is 25.3. The number of methoxy groups -OCH3 is 1. The number of para-hydroxylation sites is 2. The van der Waals surface area contributed by atoms with E-state index >= 15 is 0 Å². The van der Waals surface area contributed by atoms with Crippen molar-refractivity contribution in [3.63, 3.8) is 0 Å². The fourth-order valence-corrected chi connectivity index (χ4v) is 4.76. The Hall–Kier alpha value is -3.76. The third-order valence-electron chi connectivity index (χ3n) is 5.46. The van der Waals surface area contributed by atoms with Gasteiger partial charge in [-0.1, -0.05) is 29.8 Å². The third kappa shape index (κ3) is 5.55. The number of nitrogens with one attached hydrogen (secondary N) is 1. The molecule has 0 bridgehead atoms. The predicted molar refractivity (Wildman–Crippen MR) is 134 cm³/mol. The lowest BCUT2D eigenvalue weighted by molar-refractivity contribution is -0.148. The molecule has 3 aromatic rings. The number of hydrogen-bond donors (Lipinski definition) is 1. The van der Waals surface area contributed by atoms with E-state index in [0.29, 0.717) is 27.9 Å². The van der Waals surface area contributed by atoms with Gasteiger partial charge in [0.2, 0.25) is 6.10 Å². The monoisotopic (exact) mass is 530 g/mol. The summed E-state index contributed by atoms with van der Waals surface area (Å²) >= 11 is 6.07. The van der Waals surface area contributed by atoms with Gasteiger partial charge in [-0.15, -0.1) is 0 Å². The second-order valence-corrected chi connectivity index (χ2v) is 10.0. The smallest absolute Gasteiger partial charge is 0.348 e. The van der Waals surface area contributed by atoms with E-state index in [9.17, 15) is 18.0 Å². The SMILES string of the molecule is COC(=O)[C@@H]1CN(C(=O)COc2ccc(S(=O)(=O)Nc3ccc(C)c(Cl)c3)cc2)c2ccccc2O1. The summed E-state index contributed by atoms with van der Waals surface area (Å²) in [6.07, 6.45) is -0.964. The van der Waals surface area contributed by atoms with Crippen molar-refractivity contribution in [3.05, 3.63) is 77.3 Å². The highest BCUT2D eigenvalue weighted by Crippen LogP contribution is 2.33. The van der Waals surface area contributed by atoms with Crippen molar-refractivity contribution < 1.29 is 32.2 Å². The van der Waals surface area contributed by atoms with Crippen LogP contribution >= 0.6 is 11.6 Å². The van der Waals surface area contributed by atoms with E-state index in [0.717, 1.165) is 5.56 Å². The molecule has 0 saturated heterocycles. The second kappa shape index (κ2) is 10.5. The van der Waals surface area contributed by atoms with E-state index in [-0.39, 0.29) is 18.0 Å². The molecule has 0 radical (unpaired) electrons. The van der Waals surface area contributed by atoms with Crippen molar-refractivity contribution in [1.29, 1.82) is 0 Å². The van der Waals surface area contributed by atoms with Crippen LogP contribution in [0, 0.1) is 6.92 Å². The molecule has 4 rings (SSSR count). The highest BCUT2D eigenvalue weighted by atomic mass is 35.5.